The first kappa shape index (κ1) is 38.6. The number of alkyl carbamates (subject to hydrolysis) is 1. The molecule has 1 saturated heterocycles. The molecule has 11 nitrogen and oxygen atoms in total. The quantitative estimate of drug-likeness (QED) is 0.142. The number of benzene rings is 1. The Morgan fingerprint density at radius 2 is 1.96 bits per heavy atom. The molecule has 2 rings (SSSR count). The van der Waals surface area contributed by atoms with Gasteiger partial charge in [0.15, 0.2) is 0 Å². The van der Waals surface area contributed by atoms with Crippen molar-refractivity contribution in [1.29, 1.82) is 0 Å². The highest BCUT2D eigenvalue weighted by atomic mass is 35.5. The van der Waals surface area contributed by atoms with Crippen LogP contribution in [0.1, 0.15) is 50.7 Å². The van der Waals surface area contributed by atoms with Crippen molar-refractivity contribution >= 4 is 37.9 Å². The maximum Gasteiger partial charge on any atom is 0.409 e. The smallest absolute Gasteiger partial charge is 0.409 e. The summed E-state index contributed by atoms with van der Waals surface area (Å²) >= 11 is 6.27. The molecule has 3 atom stereocenters. The predicted molar refractivity (Wildman–Crippen MR) is 180 cm³/mol. The summed E-state index contributed by atoms with van der Waals surface area (Å²) in [4.78, 5) is 41.3. The molecule has 1 aliphatic heterocycles. The number of halogens is 1. The van der Waals surface area contributed by atoms with E-state index in [0.717, 1.165) is 37.5 Å². The summed E-state index contributed by atoms with van der Waals surface area (Å²) in [6.45, 7) is 12.5. The second-order valence-electron chi connectivity index (χ2n) is 12.9. The Labute approximate surface area is 275 Å². The second kappa shape index (κ2) is 20.6. The number of likely N-dealkylation sites (N-methyl/N-ethyl adjacent to an activating group) is 1. The Bertz CT molecular complexity index is 1040. The van der Waals surface area contributed by atoms with Crippen LogP contribution in [0.5, 0.6) is 0 Å². The molecule has 1 fully saturated rings. The molecule has 4 amide bonds. The number of carbonyl (C=O) groups excluding carboxylic acids is 3. The zero-order chi connectivity index (χ0) is 33.2. The molecule has 0 aromatic heterocycles. The largest absolute Gasteiger partial charge is 0.453 e. The lowest BCUT2D eigenvalue weighted by molar-refractivity contribution is 0.0411. The zero-order valence-corrected chi connectivity index (χ0v) is 29.8. The third-order valence-electron chi connectivity index (χ3n) is 7.62. The Balaban J connectivity index is 2.08. The van der Waals surface area contributed by atoms with Gasteiger partial charge in [-0.05, 0) is 61.8 Å². The van der Waals surface area contributed by atoms with Gasteiger partial charge in [0.2, 0.25) is 0 Å². The molecule has 1 aromatic rings. The van der Waals surface area contributed by atoms with Crippen molar-refractivity contribution in [1.82, 2.24) is 20.4 Å². The summed E-state index contributed by atoms with van der Waals surface area (Å²) in [5.41, 5.74) is 0.891. The Morgan fingerprint density at radius 3 is 2.60 bits per heavy atom. The lowest BCUT2D eigenvalue weighted by atomic mass is 9.94. The molecule has 2 N–H and O–H groups in total. The van der Waals surface area contributed by atoms with E-state index >= 15 is 0 Å². The maximum absolute atomic E-state index is 13.7. The van der Waals surface area contributed by atoms with Crippen molar-refractivity contribution in [3.8, 4) is 0 Å². The molecule has 45 heavy (non-hydrogen) atoms. The molecule has 0 saturated carbocycles. The van der Waals surface area contributed by atoms with Gasteiger partial charge in [0, 0.05) is 65.6 Å². The number of ether oxygens (including phenoxy) is 4. The van der Waals surface area contributed by atoms with Crippen LogP contribution in [0.15, 0.2) is 24.3 Å². The van der Waals surface area contributed by atoms with Crippen LogP contribution in [0.25, 0.3) is 0 Å². The number of nitrogens with one attached hydrogen (secondary N) is 2. The molecular formula is C32H55ClN4O7Si. The average Bonchev–Trinajstić information content (AvgIpc) is 2.99. The Hall–Kier alpha value is -2.54. The highest BCUT2D eigenvalue weighted by Gasteiger charge is 2.27. The van der Waals surface area contributed by atoms with Crippen LogP contribution in [-0.4, -0.2) is 109 Å². The summed E-state index contributed by atoms with van der Waals surface area (Å²) in [6.07, 6.45) is 2.78. The van der Waals surface area contributed by atoms with Crippen LogP contribution in [0.2, 0.25) is 30.7 Å². The van der Waals surface area contributed by atoms with Gasteiger partial charge >= 0.3 is 18.2 Å². The minimum atomic E-state index is -1.33. The van der Waals surface area contributed by atoms with E-state index in [2.05, 4.69) is 35.0 Å². The number of methoxy groups -OCH3 is 1. The van der Waals surface area contributed by atoms with Gasteiger partial charge in [0.1, 0.15) is 0 Å². The van der Waals surface area contributed by atoms with Gasteiger partial charge in [-0.2, -0.15) is 0 Å². The van der Waals surface area contributed by atoms with Gasteiger partial charge in [-0.15, -0.1) is 0 Å². The number of urea groups is 1. The second-order valence-corrected chi connectivity index (χ2v) is 18.9. The van der Waals surface area contributed by atoms with E-state index in [0.29, 0.717) is 56.6 Å². The molecule has 13 heteroatoms. The number of hydrogen-bond acceptors (Lipinski definition) is 7. The standard InChI is InChI=1S/C32H55ClN4O7Si/c1-7-15-37(16-13-29(26-11-8-12-27(33)22-26)43-18-14-34-31(39)41-3)30(38)35-28(21-25-10-9-17-42-24-25)23-36(2)32(40)44-19-20-45(4,5)6/h8,11-12,22,25,28-29H,7,9-10,13-21,23-24H2,1-6H3,(H,34,39)(H,35,38)/t25-,28+,29+/m1/s1. The van der Waals surface area contributed by atoms with Gasteiger partial charge in [0.05, 0.1) is 26.4 Å². The summed E-state index contributed by atoms with van der Waals surface area (Å²) in [7, 11) is 1.70. The minimum absolute atomic E-state index is 0.184. The van der Waals surface area contributed by atoms with E-state index in [1.807, 2.05) is 25.1 Å². The average molecular weight is 671 g/mol. The highest BCUT2D eigenvalue weighted by molar-refractivity contribution is 6.76. The molecule has 0 aliphatic carbocycles. The molecule has 1 aliphatic rings. The topological polar surface area (TPSA) is 119 Å². The van der Waals surface area contributed by atoms with Crippen molar-refractivity contribution in [2.24, 2.45) is 5.92 Å². The van der Waals surface area contributed by atoms with Crippen LogP contribution < -0.4 is 10.6 Å². The predicted octanol–water partition coefficient (Wildman–Crippen LogP) is 6.16. The van der Waals surface area contributed by atoms with Gasteiger partial charge in [-0.1, -0.05) is 50.3 Å². The zero-order valence-electron chi connectivity index (χ0n) is 28.1. The normalized spacial score (nSPS) is 16.3. The first-order valence-electron chi connectivity index (χ1n) is 16.1. The minimum Gasteiger partial charge on any atom is -0.453 e. The van der Waals surface area contributed by atoms with Crippen molar-refractivity contribution in [3.05, 3.63) is 34.9 Å². The van der Waals surface area contributed by atoms with Crippen LogP contribution >= 0.6 is 11.6 Å². The SMILES string of the molecule is CCCN(CC[C@H](OCCNC(=O)OC)c1cccc(Cl)c1)C(=O)N[C@@H](C[C@H]1CCCOC1)CN(C)C(=O)OCC[Si](C)(C)C. The number of nitrogens with zero attached hydrogens (tertiary/aromatic N) is 2. The summed E-state index contributed by atoms with van der Waals surface area (Å²) in [5, 5.41) is 6.44. The van der Waals surface area contributed by atoms with Crippen LogP contribution in [0.3, 0.4) is 0 Å². The number of carbonyl (C=O) groups is 3. The van der Waals surface area contributed by atoms with Crippen molar-refractivity contribution in [2.75, 3.05) is 66.8 Å². The fourth-order valence-electron chi connectivity index (χ4n) is 5.14. The van der Waals surface area contributed by atoms with Crippen LogP contribution in [-0.2, 0) is 18.9 Å². The van der Waals surface area contributed by atoms with E-state index in [9.17, 15) is 14.4 Å². The van der Waals surface area contributed by atoms with Gasteiger partial charge < -0.3 is 39.4 Å². The fourth-order valence-corrected chi connectivity index (χ4v) is 6.05. The van der Waals surface area contributed by atoms with Crippen LogP contribution in [0.4, 0.5) is 14.4 Å². The lowest BCUT2D eigenvalue weighted by Crippen LogP contribution is -2.51. The van der Waals surface area contributed by atoms with E-state index in [4.69, 9.17) is 25.8 Å². The van der Waals surface area contributed by atoms with E-state index < -0.39 is 14.2 Å². The van der Waals surface area contributed by atoms with Crippen molar-refractivity contribution < 1.29 is 33.3 Å². The van der Waals surface area contributed by atoms with Crippen molar-refractivity contribution in [3.63, 3.8) is 0 Å². The number of amides is 4. The maximum atomic E-state index is 13.7. The summed E-state index contributed by atoms with van der Waals surface area (Å²) in [5.74, 6) is 0.305. The van der Waals surface area contributed by atoms with E-state index in [-0.39, 0.29) is 37.4 Å². The molecule has 0 bridgehead atoms. The number of hydrogen-bond donors (Lipinski definition) is 2. The molecule has 0 radical (unpaired) electrons. The fraction of sp³-hybridized carbons (Fsp3) is 0.719. The van der Waals surface area contributed by atoms with Gasteiger partial charge in [-0.25, -0.2) is 14.4 Å². The number of rotatable bonds is 18. The van der Waals surface area contributed by atoms with Gasteiger partial charge in [-0.3, -0.25) is 0 Å². The molecule has 0 unspecified atom stereocenters. The third-order valence-corrected chi connectivity index (χ3v) is 9.56. The third kappa shape index (κ3) is 16.0. The molecule has 0 spiro atoms. The molecular weight excluding hydrogens is 616 g/mol. The highest BCUT2D eigenvalue weighted by Crippen LogP contribution is 2.25. The Morgan fingerprint density at radius 1 is 1.18 bits per heavy atom. The first-order chi connectivity index (χ1) is 21.4. The van der Waals surface area contributed by atoms with Crippen LogP contribution in [0, 0.1) is 5.92 Å². The molecule has 1 heterocycles. The first-order valence-corrected chi connectivity index (χ1v) is 20.2. The van der Waals surface area contributed by atoms with E-state index in [1.54, 1.807) is 22.9 Å². The Kier molecular flexibility index (Phi) is 17.6. The molecule has 1 aromatic carbocycles. The summed E-state index contributed by atoms with van der Waals surface area (Å²) < 4.78 is 22.0. The molecule has 256 valence electrons. The monoisotopic (exact) mass is 670 g/mol. The lowest BCUT2D eigenvalue weighted by Gasteiger charge is -2.32. The summed E-state index contributed by atoms with van der Waals surface area (Å²) in [6, 6.07) is 7.91. The van der Waals surface area contributed by atoms with Gasteiger partial charge in [0.25, 0.3) is 0 Å². The van der Waals surface area contributed by atoms with Crippen molar-refractivity contribution in [2.45, 2.75) is 76.9 Å². The van der Waals surface area contributed by atoms with E-state index in [1.165, 1.54) is 7.11 Å².